The molecular weight excluding hydrogens is 260 g/mol. The highest BCUT2D eigenvalue weighted by molar-refractivity contribution is 5.77. The SMILES string of the molecule is COCCCNCC(=O)NCc1ccc2c(c1)OCO2. The number of hydrogen-bond donors (Lipinski definition) is 2. The molecular formula is C14H20N2O4. The Morgan fingerprint density at radius 2 is 2.20 bits per heavy atom. The van der Waals surface area contributed by atoms with Crippen LogP contribution in [0.1, 0.15) is 12.0 Å². The van der Waals surface area contributed by atoms with Crippen molar-refractivity contribution in [2.24, 2.45) is 0 Å². The molecule has 0 saturated heterocycles. The minimum Gasteiger partial charge on any atom is -0.454 e. The lowest BCUT2D eigenvalue weighted by Gasteiger charge is -2.07. The number of rotatable bonds is 8. The van der Waals surface area contributed by atoms with E-state index < -0.39 is 0 Å². The summed E-state index contributed by atoms with van der Waals surface area (Å²) in [6, 6.07) is 5.65. The van der Waals surface area contributed by atoms with Gasteiger partial charge in [0, 0.05) is 20.3 Å². The van der Waals surface area contributed by atoms with Gasteiger partial charge in [-0.25, -0.2) is 0 Å². The van der Waals surface area contributed by atoms with E-state index in [4.69, 9.17) is 14.2 Å². The number of amides is 1. The molecule has 0 bridgehead atoms. The Kier molecular flexibility index (Phi) is 5.64. The van der Waals surface area contributed by atoms with Gasteiger partial charge in [-0.3, -0.25) is 4.79 Å². The number of hydrogen-bond acceptors (Lipinski definition) is 5. The molecule has 0 aromatic heterocycles. The molecule has 0 spiro atoms. The zero-order valence-corrected chi connectivity index (χ0v) is 11.6. The molecule has 1 amide bonds. The van der Waals surface area contributed by atoms with E-state index in [0.717, 1.165) is 30.0 Å². The Balaban J connectivity index is 1.66. The fourth-order valence-corrected chi connectivity index (χ4v) is 1.86. The molecule has 0 aliphatic carbocycles. The van der Waals surface area contributed by atoms with Crippen LogP contribution in [-0.2, 0) is 16.1 Å². The summed E-state index contributed by atoms with van der Waals surface area (Å²) in [5.74, 6) is 1.45. The number of nitrogens with one attached hydrogen (secondary N) is 2. The standard InChI is InChI=1S/C14H20N2O4/c1-18-6-2-5-15-9-14(17)16-8-11-3-4-12-13(7-11)20-10-19-12/h3-4,7,15H,2,5-6,8-10H2,1H3,(H,16,17). The Bertz CT molecular complexity index is 451. The summed E-state index contributed by atoms with van der Waals surface area (Å²) in [5.41, 5.74) is 0.988. The van der Waals surface area contributed by atoms with Crippen LogP contribution in [0, 0.1) is 0 Å². The Morgan fingerprint density at radius 3 is 3.05 bits per heavy atom. The number of fused-ring (bicyclic) bond motifs is 1. The monoisotopic (exact) mass is 280 g/mol. The number of ether oxygens (including phenoxy) is 3. The second kappa shape index (κ2) is 7.72. The van der Waals surface area contributed by atoms with Crippen molar-refractivity contribution in [3.63, 3.8) is 0 Å². The predicted molar refractivity (Wildman–Crippen MR) is 73.8 cm³/mol. The van der Waals surface area contributed by atoms with E-state index in [1.54, 1.807) is 7.11 Å². The molecule has 0 saturated carbocycles. The largest absolute Gasteiger partial charge is 0.454 e. The van der Waals surface area contributed by atoms with E-state index in [2.05, 4.69) is 10.6 Å². The average Bonchev–Trinajstić information content (AvgIpc) is 2.92. The van der Waals surface area contributed by atoms with Crippen molar-refractivity contribution in [3.05, 3.63) is 23.8 Å². The quantitative estimate of drug-likeness (QED) is 0.685. The summed E-state index contributed by atoms with van der Waals surface area (Å²) in [6.45, 7) is 2.52. The third kappa shape index (κ3) is 4.40. The van der Waals surface area contributed by atoms with Gasteiger partial charge in [0.2, 0.25) is 12.7 Å². The first kappa shape index (κ1) is 14.6. The molecule has 1 heterocycles. The Labute approximate surface area is 118 Å². The normalized spacial score (nSPS) is 12.4. The fraction of sp³-hybridized carbons (Fsp3) is 0.500. The molecule has 0 atom stereocenters. The third-order valence-electron chi connectivity index (χ3n) is 2.91. The number of benzene rings is 1. The average molecular weight is 280 g/mol. The van der Waals surface area contributed by atoms with E-state index >= 15 is 0 Å². The number of methoxy groups -OCH3 is 1. The highest BCUT2D eigenvalue weighted by Crippen LogP contribution is 2.32. The topological polar surface area (TPSA) is 68.8 Å². The molecule has 110 valence electrons. The van der Waals surface area contributed by atoms with Gasteiger partial charge in [-0.05, 0) is 30.7 Å². The van der Waals surface area contributed by atoms with Gasteiger partial charge in [0.05, 0.1) is 6.54 Å². The molecule has 2 N–H and O–H groups in total. The van der Waals surface area contributed by atoms with Crippen LogP contribution < -0.4 is 20.1 Å². The summed E-state index contributed by atoms with van der Waals surface area (Å²) >= 11 is 0. The van der Waals surface area contributed by atoms with Crippen molar-refractivity contribution < 1.29 is 19.0 Å². The smallest absolute Gasteiger partial charge is 0.234 e. The molecule has 1 aromatic rings. The number of carbonyl (C=O) groups excluding carboxylic acids is 1. The van der Waals surface area contributed by atoms with Gasteiger partial charge in [-0.1, -0.05) is 6.07 Å². The van der Waals surface area contributed by atoms with Crippen molar-refractivity contribution in [1.82, 2.24) is 10.6 Å². The van der Waals surface area contributed by atoms with Gasteiger partial charge < -0.3 is 24.8 Å². The van der Waals surface area contributed by atoms with Crippen LogP contribution in [0.15, 0.2) is 18.2 Å². The van der Waals surface area contributed by atoms with Gasteiger partial charge in [-0.15, -0.1) is 0 Å². The summed E-state index contributed by atoms with van der Waals surface area (Å²) in [7, 11) is 1.66. The van der Waals surface area contributed by atoms with Gasteiger partial charge in [-0.2, -0.15) is 0 Å². The van der Waals surface area contributed by atoms with Crippen LogP contribution in [0.2, 0.25) is 0 Å². The van der Waals surface area contributed by atoms with Crippen molar-refractivity contribution in [2.75, 3.05) is 33.6 Å². The molecule has 2 rings (SSSR count). The molecule has 1 aromatic carbocycles. The molecule has 6 nitrogen and oxygen atoms in total. The highest BCUT2D eigenvalue weighted by atomic mass is 16.7. The van der Waals surface area contributed by atoms with E-state index in [9.17, 15) is 4.79 Å². The van der Waals surface area contributed by atoms with Crippen LogP contribution >= 0.6 is 0 Å². The summed E-state index contributed by atoms with van der Waals surface area (Å²) in [6.07, 6.45) is 0.895. The third-order valence-corrected chi connectivity index (χ3v) is 2.91. The first-order valence-electron chi connectivity index (χ1n) is 6.64. The maximum absolute atomic E-state index is 11.6. The molecule has 20 heavy (non-hydrogen) atoms. The van der Waals surface area contributed by atoms with Gasteiger partial charge in [0.1, 0.15) is 0 Å². The van der Waals surface area contributed by atoms with E-state index in [1.807, 2.05) is 18.2 Å². The molecule has 1 aliphatic rings. The summed E-state index contributed by atoms with van der Waals surface area (Å²) < 4.78 is 15.5. The van der Waals surface area contributed by atoms with Gasteiger partial charge in [0.25, 0.3) is 0 Å². The zero-order chi connectivity index (χ0) is 14.2. The van der Waals surface area contributed by atoms with Crippen molar-refractivity contribution >= 4 is 5.91 Å². The predicted octanol–water partition coefficient (Wildman–Crippen LogP) is 0.658. The van der Waals surface area contributed by atoms with E-state index in [0.29, 0.717) is 19.7 Å². The molecule has 0 fully saturated rings. The minimum atomic E-state index is -0.0277. The van der Waals surface area contributed by atoms with Gasteiger partial charge >= 0.3 is 0 Å². The first-order valence-corrected chi connectivity index (χ1v) is 6.64. The Hall–Kier alpha value is -1.79. The van der Waals surface area contributed by atoms with Crippen molar-refractivity contribution in [3.8, 4) is 11.5 Å². The summed E-state index contributed by atoms with van der Waals surface area (Å²) in [5, 5.41) is 5.91. The van der Waals surface area contributed by atoms with E-state index in [1.165, 1.54) is 0 Å². The molecule has 0 radical (unpaired) electrons. The fourth-order valence-electron chi connectivity index (χ4n) is 1.86. The van der Waals surface area contributed by atoms with Crippen LogP contribution in [0.3, 0.4) is 0 Å². The van der Waals surface area contributed by atoms with Crippen LogP contribution in [-0.4, -0.2) is 39.5 Å². The van der Waals surface area contributed by atoms with Crippen LogP contribution in [0.5, 0.6) is 11.5 Å². The lowest BCUT2D eigenvalue weighted by molar-refractivity contribution is -0.120. The van der Waals surface area contributed by atoms with Gasteiger partial charge in [0.15, 0.2) is 11.5 Å². The lowest BCUT2D eigenvalue weighted by Crippen LogP contribution is -2.34. The zero-order valence-electron chi connectivity index (χ0n) is 11.6. The summed E-state index contributed by atoms with van der Waals surface area (Å²) in [4.78, 5) is 11.6. The molecule has 1 aliphatic heterocycles. The number of carbonyl (C=O) groups is 1. The Morgan fingerprint density at radius 1 is 1.35 bits per heavy atom. The van der Waals surface area contributed by atoms with Crippen LogP contribution in [0.4, 0.5) is 0 Å². The minimum absolute atomic E-state index is 0.0277. The highest BCUT2D eigenvalue weighted by Gasteiger charge is 2.13. The maximum Gasteiger partial charge on any atom is 0.234 e. The van der Waals surface area contributed by atoms with Crippen molar-refractivity contribution in [1.29, 1.82) is 0 Å². The van der Waals surface area contributed by atoms with Crippen molar-refractivity contribution in [2.45, 2.75) is 13.0 Å². The first-order chi connectivity index (χ1) is 9.79. The maximum atomic E-state index is 11.6. The van der Waals surface area contributed by atoms with Crippen LogP contribution in [0.25, 0.3) is 0 Å². The second-order valence-electron chi connectivity index (χ2n) is 4.49. The molecule has 0 unspecified atom stereocenters. The second-order valence-corrected chi connectivity index (χ2v) is 4.49. The van der Waals surface area contributed by atoms with E-state index in [-0.39, 0.29) is 12.7 Å². The lowest BCUT2D eigenvalue weighted by atomic mass is 10.2. The molecule has 6 heteroatoms.